The molecule has 0 saturated carbocycles. The van der Waals surface area contributed by atoms with Gasteiger partial charge in [-0.15, -0.1) is 0 Å². The fourth-order valence-electron chi connectivity index (χ4n) is 3.10. The standard InChI is InChI=1S/C21H24ClNO3/c1-2-25-19-14-17(21(24)23-11-7-4-8-12-23)13-18(22)20(19)26-15-16-9-5-3-6-10-16/h3,5-6,9-10,13-14H,2,4,7-8,11-12,15H2,1H3. The van der Waals surface area contributed by atoms with Crippen molar-refractivity contribution in [2.45, 2.75) is 32.8 Å². The second kappa shape index (κ2) is 8.95. The number of halogens is 1. The highest BCUT2D eigenvalue weighted by atomic mass is 35.5. The summed E-state index contributed by atoms with van der Waals surface area (Å²) < 4.78 is 11.6. The molecule has 1 amide bonds. The van der Waals surface area contributed by atoms with E-state index < -0.39 is 0 Å². The molecule has 26 heavy (non-hydrogen) atoms. The van der Waals surface area contributed by atoms with Crippen LogP contribution < -0.4 is 9.47 Å². The zero-order valence-corrected chi connectivity index (χ0v) is 15.8. The van der Waals surface area contributed by atoms with Gasteiger partial charge in [0.15, 0.2) is 11.5 Å². The van der Waals surface area contributed by atoms with Gasteiger partial charge in [0.05, 0.1) is 11.6 Å². The first kappa shape index (κ1) is 18.6. The van der Waals surface area contributed by atoms with E-state index in [0.717, 1.165) is 31.5 Å². The molecule has 1 heterocycles. The van der Waals surface area contributed by atoms with Gasteiger partial charge in [0.2, 0.25) is 0 Å². The topological polar surface area (TPSA) is 38.8 Å². The molecule has 0 spiro atoms. The average molecular weight is 374 g/mol. The van der Waals surface area contributed by atoms with E-state index in [4.69, 9.17) is 21.1 Å². The Kier molecular flexibility index (Phi) is 6.40. The number of carbonyl (C=O) groups excluding carboxylic acids is 1. The fraction of sp³-hybridized carbons (Fsp3) is 0.381. The van der Waals surface area contributed by atoms with Crippen LogP contribution >= 0.6 is 11.6 Å². The first-order valence-corrected chi connectivity index (χ1v) is 9.49. The molecule has 4 nitrogen and oxygen atoms in total. The van der Waals surface area contributed by atoms with Gasteiger partial charge in [0, 0.05) is 18.7 Å². The van der Waals surface area contributed by atoms with Crippen molar-refractivity contribution < 1.29 is 14.3 Å². The van der Waals surface area contributed by atoms with Gasteiger partial charge < -0.3 is 14.4 Å². The number of likely N-dealkylation sites (tertiary alicyclic amines) is 1. The van der Waals surface area contributed by atoms with Crippen LogP contribution in [-0.2, 0) is 6.61 Å². The van der Waals surface area contributed by atoms with Crippen molar-refractivity contribution >= 4 is 17.5 Å². The Morgan fingerprint density at radius 1 is 1.08 bits per heavy atom. The van der Waals surface area contributed by atoms with Gasteiger partial charge in [-0.2, -0.15) is 0 Å². The predicted octanol–water partition coefficient (Wildman–Crippen LogP) is 4.94. The van der Waals surface area contributed by atoms with Gasteiger partial charge in [-0.3, -0.25) is 4.79 Å². The number of nitrogens with zero attached hydrogens (tertiary/aromatic N) is 1. The van der Waals surface area contributed by atoms with Gasteiger partial charge in [-0.05, 0) is 43.9 Å². The molecule has 0 aromatic heterocycles. The molecule has 3 rings (SSSR count). The highest BCUT2D eigenvalue weighted by Crippen LogP contribution is 2.37. The lowest BCUT2D eigenvalue weighted by Gasteiger charge is -2.27. The molecule has 138 valence electrons. The maximum atomic E-state index is 12.8. The Morgan fingerprint density at radius 2 is 1.81 bits per heavy atom. The zero-order valence-electron chi connectivity index (χ0n) is 15.0. The fourth-order valence-corrected chi connectivity index (χ4v) is 3.37. The van der Waals surface area contributed by atoms with Crippen molar-refractivity contribution in [2.24, 2.45) is 0 Å². The zero-order chi connectivity index (χ0) is 18.4. The van der Waals surface area contributed by atoms with Crippen molar-refractivity contribution in [1.82, 2.24) is 4.90 Å². The number of piperidine rings is 1. The number of rotatable bonds is 6. The minimum atomic E-state index is 0.00200. The van der Waals surface area contributed by atoms with Crippen molar-refractivity contribution in [1.29, 1.82) is 0 Å². The molecule has 0 N–H and O–H groups in total. The van der Waals surface area contributed by atoms with E-state index in [-0.39, 0.29) is 5.91 Å². The third-order valence-electron chi connectivity index (χ3n) is 4.43. The highest BCUT2D eigenvalue weighted by molar-refractivity contribution is 6.32. The minimum absolute atomic E-state index is 0.00200. The summed E-state index contributed by atoms with van der Waals surface area (Å²) in [6, 6.07) is 13.3. The second-order valence-electron chi connectivity index (χ2n) is 6.35. The molecule has 0 atom stereocenters. The third-order valence-corrected chi connectivity index (χ3v) is 4.71. The van der Waals surface area contributed by atoms with Crippen LogP contribution in [0, 0.1) is 0 Å². The smallest absolute Gasteiger partial charge is 0.254 e. The van der Waals surface area contributed by atoms with Crippen LogP contribution in [0.25, 0.3) is 0 Å². The van der Waals surface area contributed by atoms with E-state index in [1.165, 1.54) is 6.42 Å². The Hall–Kier alpha value is -2.20. The third kappa shape index (κ3) is 4.50. The molecule has 1 aliphatic rings. The summed E-state index contributed by atoms with van der Waals surface area (Å²) in [5.74, 6) is 0.992. The predicted molar refractivity (Wildman–Crippen MR) is 103 cm³/mol. The van der Waals surface area contributed by atoms with Crippen LogP contribution in [0.1, 0.15) is 42.1 Å². The SMILES string of the molecule is CCOc1cc(C(=O)N2CCCCC2)cc(Cl)c1OCc1ccccc1. The van der Waals surface area contributed by atoms with E-state index >= 15 is 0 Å². The molecule has 1 aliphatic heterocycles. The molecule has 2 aromatic rings. The molecule has 0 bridgehead atoms. The summed E-state index contributed by atoms with van der Waals surface area (Å²) in [6.07, 6.45) is 3.28. The number of amides is 1. The van der Waals surface area contributed by atoms with E-state index in [2.05, 4.69) is 0 Å². The van der Waals surface area contributed by atoms with E-state index in [9.17, 15) is 4.79 Å². The van der Waals surface area contributed by atoms with Crippen LogP contribution in [0.5, 0.6) is 11.5 Å². The molecule has 0 aliphatic carbocycles. The Labute approximate surface area is 159 Å². The maximum Gasteiger partial charge on any atom is 0.254 e. The molecule has 0 unspecified atom stereocenters. The van der Waals surface area contributed by atoms with Crippen LogP contribution in [0.15, 0.2) is 42.5 Å². The monoisotopic (exact) mass is 373 g/mol. The quantitative estimate of drug-likeness (QED) is 0.719. The number of hydrogen-bond acceptors (Lipinski definition) is 3. The molecule has 1 fully saturated rings. The minimum Gasteiger partial charge on any atom is -0.490 e. The molecule has 1 saturated heterocycles. The van der Waals surface area contributed by atoms with E-state index in [1.54, 1.807) is 12.1 Å². The van der Waals surface area contributed by atoms with Gasteiger partial charge in [-0.25, -0.2) is 0 Å². The number of ether oxygens (including phenoxy) is 2. The lowest BCUT2D eigenvalue weighted by molar-refractivity contribution is 0.0723. The average Bonchev–Trinajstić information content (AvgIpc) is 2.68. The Balaban J connectivity index is 1.81. The Morgan fingerprint density at radius 3 is 2.50 bits per heavy atom. The normalized spacial score (nSPS) is 14.2. The summed E-state index contributed by atoms with van der Waals surface area (Å²) in [4.78, 5) is 14.7. The summed E-state index contributed by atoms with van der Waals surface area (Å²) >= 11 is 6.44. The van der Waals surface area contributed by atoms with Crippen molar-refractivity contribution in [2.75, 3.05) is 19.7 Å². The first-order chi connectivity index (χ1) is 12.7. The number of benzene rings is 2. The largest absolute Gasteiger partial charge is 0.490 e. The molecular formula is C21H24ClNO3. The molecular weight excluding hydrogens is 350 g/mol. The molecule has 2 aromatic carbocycles. The summed E-state index contributed by atoms with van der Waals surface area (Å²) in [7, 11) is 0. The van der Waals surface area contributed by atoms with Gasteiger partial charge in [0.1, 0.15) is 6.61 Å². The maximum absolute atomic E-state index is 12.8. The summed E-state index contributed by atoms with van der Waals surface area (Å²) in [6.45, 7) is 4.35. The summed E-state index contributed by atoms with van der Waals surface area (Å²) in [5, 5.41) is 0.396. The highest BCUT2D eigenvalue weighted by Gasteiger charge is 2.22. The van der Waals surface area contributed by atoms with Crippen LogP contribution in [-0.4, -0.2) is 30.5 Å². The van der Waals surface area contributed by atoms with Gasteiger partial charge in [-0.1, -0.05) is 41.9 Å². The molecule has 0 radical (unpaired) electrons. The lowest BCUT2D eigenvalue weighted by atomic mass is 10.1. The van der Waals surface area contributed by atoms with E-state index in [0.29, 0.717) is 35.3 Å². The van der Waals surface area contributed by atoms with Crippen LogP contribution in [0.2, 0.25) is 5.02 Å². The lowest BCUT2D eigenvalue weighted by Crippen LogP contribution is -2.35. The van der Waals surface area contributed by atoms with E-state index in [1.807, 2.05) is 42.2 Å². The van der Waals surface area contributed by atoms with Crippen molar-refractivity contribution in [3.63, 3.8) is 0 Å². The van der Waals surface area contributed by atoms with Crippen LogP contribution in [0.3, 0.4) is 0 Å². The summed E-state index contributed by atoms with van der Waals surface area (Å²) in [5.41, 5.74) is 1.59. The van der Waals surface area contributed by atoms with Gasteiger partial charge in [0.25, 0.3) is 5.91 Å². The first-order valence-electron chi connectivity index (χ1n) is 9.11. The number of carbonyl (C=O) groups is 1. The second-order valence-corrected chi connectivity index (χ2v) is 6.75. The van der Waals surface area contributed by atoms with Crippen LogP contribution in [0.4, 0.5) is 0 Å². The van der Waals surface area contributed by atoms with Crippen molar-refractivity contribution in [3.05, 3.63) is 58.6 Å². The van der Waals surface area contributed by atoms with Crippen molar-refractivity contribution in [3.8, 4) is 11.5 Å². The molecule has 5 heteroatoms. The Bertz CT molecular complexity index is 742. The van der Waals surface area contributed by atoms with Gasteiger partial charge >= 0.3 is 0 Å². The number of hydrogen-bond donors (Lipinski definition) is 0.